The van der Waals surface area contributed by atoms with E-state index < -0.39 is 0 Å². The Bertz CT molecular complexity index is 309. The van der Waals surface area contributed by atoms with E-state index in [1.54, 1.807) is 12.3 Å². The maximum atomic E-state index is 3.47. The van der Waals surface area contributed by atoms with Crippen LogP contribution in [0.4, 0.5) is 0 Å². The number of aromatic nitrogens is 2. The molecule has 0 radical (unpaired) electrons. The van der Waals surface area contributed by atoms with Gasteiger partial charge in [-0.15, -0.1) is 12.4 Å². The summed E-state index contributed by atoms with van der Waals surface area (Å²) in [6, 6.07) is 10.2. The minimum atomic E-state index is 0. The third-order valence-corrected chi connectivity index (χ3v) is 1.89. The van der Waals surface area contributed by atoms with Crippen molar-refractivity contribution in [1.82, 2.24) is 10.2 Å². The van der Waals surface area contributed by atoms with Gasteiger partial charge in [-0.2, -0.15) is 23.8 Å². The number of aromatic amines is 1. The van der Waals surface area contributed by atoms with Crippen molar-refractivity contribution in [3.8, 4) is 0 Å². The van der Waals surface area contributed by atoms with Gasteiger partial charge < -0.3 is 35.0 Å². The zero-order valence-electron chi connectivity index (χ0n) is 10.2. The smallest absolute Gasteiger partial charge is 1.00 e. The minimum Gasteiger partial charge on any atom is -1.00 e. The molecule has 17 heavy (non-hydrogen) atoms. The van der Waals surface area contributed by atoms with E-state index in [9.17, 15) is 0 Å². The van der Waals surface area contributed by atoms with E-state index in [-0.39, 0.29) is 46.5 Å². The second-order valence-electron chi connectivity index (χ2n) is 4.13. The largest absolute Gasteiger partial charge is 4.00 e. The van der Waals surface area contributed by atoms with E-state index in [1.807, 2.05) is 0 Å². The summed E-state index contributed by atoms with van der Waals surface area (Å²) < 4.78 is 0. The van der Waals surface area contributed by atoms with Gasteiger partial charge in [0.15, 0.2) is 0 Å². The second kappa shape index (κ2) is 11.0. The van der Waals surface area contributed by atoms with Crippen molar-refractivity contribution >= 4 is 0 Å². The Balaban J connectivity index is -0.000000216. The molecule has 0 saturated heterocycles. The van der Waals surface area contributed by atoms with Crippen LogP contribution in [0, 0.1) is 6.20 Å². The Hall–Kier alpha value is -0.146. The Labute approximate surface area is 131 Å². The average Bonchev–Trinajstić information content (AvgIpc) is 2.80. The quantitative estimate of drug-likeness (QED) is 0.406. The standard InChI is InChI=1S/C9H13.C3H3N2.2ClH.Ti/c1-9(2,3)8-6-4-5-7-8;1-2-4-5-3-1;;;/h4-7H,1-3H3;1-2H,(H,4,5);2*1H;/q2*-1;;;+4/p-2. The average molecular weight is 307 g/mol. The molecule has 1 aromatic heterocycles. The van der Waals surface area contributed by atoms with Crippen LogP contribution in [-0.2, 0) is 27.1 Å². The van der Waals surface area contributed by atoms with Crippen molar-refractivity contribution in [2.45, 2.75) is 26.2 Å². The van der Waals surface area contributed by atoms with Gasteiger partial charge in [0.05, 0.1) is 0 Å². The molecule has 0 saturated carbocycles. The second-order valence-corrected chi connectivity index (χ2v) is 4.13. The zero-order valence-corrected chi connectivity index (χ0v) is 13.2. The number of nitrogens with one attached hydrogen (secondary N) is 1. The van der Waals surface area contributed by atoms with Gasteiger partial charge in [0.25, 0.3) is 0 Å². The van der Waals surface area contributed by atoms with Crippen LogP contribution in [0.3, 0.4) is 0 Å². The molecule has 92 valence electrons. The Morgan fingerprint density at radius 1 is 1.12 bits per heavy atom. The maximum absolute atomic E-state index is 3.47. The molecule has 0 bridgehead atoms. The SMILES string of the molecule is CC(C)(C)[c-]1cccc1.[Cl-].[Cl-].[Ti+4].[c-]1cc[nH]n1. The van der Waals surface area contributed by atoms with Crippen molar-refractivity contribution < 1.29 is 46.5 Å². The fourth-order valence-electron chi connectivity index (χ4n) is 1.06. The molecular weight excluding hydrogens is 291 g/mol. The molecule has 0 unspecified atom stereocenters. The summed E-state index contributed by atoms with van der Waals surface area (Å²) in [5.74, 6) is 0. The molecule has 0 aliphatic rings. The van der Waals surface area contributed by atoms with Gasteiger partial charge in [0, 0.05) is 0 Å². The van der Waals surface area contributed by atoms with Gasteiger partial charge in [-0.25, -0.2) is 12.1 Å². The van der Waals surface area contributed by atoms with Crippen molar-refractivity contribution in [2.24, 2.45) is 0 Å². The summed E-state index contributed by atoms with van der Waals surface area (Å²) in [5.41, 5.74) is 1.74. The third kappa shape index (κ3) is 9.55. The van der Waals surface area contributed by atoms with Gasteiger partial charge in [0.1, 0.15) is 0 Å². The third-order valence-electron chi connectivity index (χ3n) is 1.89. The first kappa shape index (κ1) is 22.1. The van der Waals surface area contributed by atoms with E-state index in [4.69, 9.17) is 0 Å². The summed E-state index contributed by atoms with van der Waals surface area (Å²) in [4.78, 5) is 0. The summed E-state index contributed by atoms with van der Waals surface area (Å²) in [7, 11) is 0. The van der Waals surface area contributed by atoms with Gasteiger partial charge in [-0.1, -0.05) is 26.2 Å². The van der Waals surface area contributed by atoms with Crippen LogP contribution in [0.25, 0.3) is 0 Å². The first-order valence-corrected chi connectivity index (χ1v) is 4.69. The summed E-state index contributed by atoms with van der Waals surface area (Å²) in [6.45, 7) is 6.67. The predicted octanol–water partition coefficient (Wildman–Crippen LogP) is -3.08. The van der Waals surface area contributed by atoms with E-state index in [1.165, 1.54) is 5.56 Å². The van der Waals surface area contributed by atoms with Crippen LogP contribution in [0.2, 0.25) is 0 Å². The van der Waals surface area contributed by atoms with Crippen LogP contribution in [0.1, 0.15) is 26.3 Å². The molecule has 0 atom stereocenters. The first-order valence-electron chi connectivity index (χ1n) is 4.69. The van der Waals surface area contributed by atoms with Crippen LogP contribution in [0.5, 0.6) is 0 Å². The first-order chi connectivity index (χ1) is 6.61. The number of hydrogen-bond donors (Lipinski definition) is 1. The molecule has 0 amide bonds. The number of nitrogens with zero attached hydrogens (tertiary/aromatic N) is 1. The number of halogens is 2. The van der Waals surface area contributed by atoms with E-state index in [2.05, 4.69) is 61.4 Å². The summed E-state index contributed by atoms with van der Waals surface area (Å²) in [5, 5.41) is 6.03. The van der Waals surface area contributed by atoms with Crippen molar-refractivity contribution in [1.29, 1.82) is 0 Å². The normalized spacial score (nSPS) is 8.65. The molecule has 0 aliphatic carbocycles. The Morgan fingerprint density at radius 2 is 1.65 bits per heavy atom. The summed E-state index contributed by atoms with van der Waals surface area (Å²) in [6.07, 6.45) is 4.26. The topological polar surface area (TPSA) is 28.7 Å². The van der Waals surface area contributed by atoms with E-state index in [0.29, 0.717) is 5.41 Å². The van der Waals surface area contributed by atoms with Gasteiger partial charge in [0.2, 0.25) is 0 Å². The molecule has 0 spiro atoms. The molecule has 2 rings (SSSR count). The van der Waals surface area contributed by atoms with Gasteiger partial charge in [-0.05, 0) is 0 Å². The van der Waals surface area contributed by atoms with Crippen molar-refractivity contribution in [2.75, 3.05) is 0 Å². The summed E-state index contributed by atoms with van der Waals surface area (Å²) >= 11 is 0. The van der Waals surface area contributed by atoms with E-state index in [0.717, 1.165) is 0 Å². The van der Waals surface area contributed by atoms with Crippen LogP contribution in [-0.4, -0.2) is 10.2 Å². The molecule has 0 fully saturated rings. The molecule has 1 aromatic carbocycles. The van der Waals surface area contributed by atoms with Crippen molar-refractivity contribution in [3.63, 3.8) is 0 Å². The Kier molecular flexibility index (Phi) is 14.2. The number of hydrogen-bond acceptors (Lipinski definition) is 1. The Morgan fingerprint density at radius 3 is 1.82 bits per heavy atom. The number of rotatable bonds is 0. The van der Waals surface area contributed by atoms with E-state index >= 15 is 0 Å². The minimum absolute atomic E-state index is 0. The molecule has 1 heterocycles. The molecule has 2 aromatic rings. The number of H-pyrrole nitrogens is 1. The monoisotopic (exact) mass is 306 g/mol. The molecule has 5 heteroatoms. The van der Waals surface area contributed by atoms with Crippen LogP contribution in [0.15, 0.2) is 36.5 Å². The van der Waals surface area contributed by atoms with Crippen LogP contribution >= 0.6 is 0 Å². The molecular formula is C12H16Cl2N2Ti. The van der Waals surface area contributed by atoms with Crippen LogP contribution < -0.4 is 24.8 Å². The van der Waals surface area contributed by atoms with Gasteiger partial charge in [-0.3, -0.25) is 0 Å². The van der Waals surface area contributed by atoms with Crippen molar-refractivity contribution in [3.05, 3.63) is 48.3 Å². The maximum Gasteiger partial charge on any atom is 4.00 e. The molecule has 2 nitrogen and oxygen atoms in total. The van der Waals surface area contributed by atoms with Gasteiger partial charge >= 0.3 is 21.7 Å². The molecule has 1 N–H and O–H groups in total. The fourth-order valence-corrected chi connectivity index (χ4v) is 1.06. The predicted molar refractivity (Wildman–Crippen MR) is 58.2 cm³/mol. The molecule has 0 aliphatic heterocycles. The fraction of sp³-hybridized carbons (Fsp3) is 0.333. The zero-order chi connectivity index (χ0) is 10.4.